The van der Waals surface area contributed by atoms with Crippen LogP contribution in [0.4, 0.5) is 0 Å². The second kappa shape index (κ2) is 4.46. The Kier molecular flexibility index (Phi) is 2.68. The Bertz CT molecular complexity index is 776. The molecule has 0 spiro atoms. The van der Waals surface area contributed by atoms with Crippen LogP contribution in [0.25, 0.3) is 11.0 Å². The molecule has 2 atom stereocenters. The number of hydrogen-bond acceptors (Lipinski definition) is 3. The summed E-state index contributed by atoms with van der Waals surface area (Å²) in [7, 11) is 0. The Morgan fingerprint density at radius 3 is 2.90 bits per heavy atom. The van der Waals surface area contributed by atoms with E-state index in [2.05, 4.69) is 9.88 Å². The molecule has 6 heteroatoms. The van der Waals surface area contributed by atoms with E-state index in [1.165, 1.54) is 12.5 Å². The molecule has 2 unspecified atom stereocenters. The van der Waals surface area contributed by atoms with E-state index in [1.54, 1.807) is 10.6 Å². The summed E-state index contributed by atoms with van der Waals surface area (Å²) in [6, 6.07) is 5.63. The van der Waals surface area contributed by atoms with Gasteiger partial charge in [0.25, 0.3) is 0 Å². The largest absolute Gasteiger partial charge is 0.478 e. The number of imidazole rings is 1. The normalized spacial score (nSPS) is 25.5. The monoisotopic (exact) mass is 287 g/mol. The number of aromatic nitrogens is 2. The number of carboxylic acids is 1. The van der Waals surface area contributed by atoms with Crippen molar-refractivity contribution < 1.29 is 9.90 Å². The van der Waals surface area contributed by atoms with Crippen molar-refractivity contribution in [2.75, 3.05) is 13.1 Å². The fraction of sp³-hybridized carbons (Fsp3) is 0.467. The predicted octanol–water partition coefficient (Wildman–Crippen LogP) is 1.44. The number of nitrogens with zero attached hydrogens (tertiary/aromatic N) is 2. The summed E-state index contributed by atoms with van der Waals surface area (Å²) in [5.74, 6) is -1.01. The van der Waals surface area contributed by atoms with Gasteiger partial charge >= 0.3 is 11.7 Å². The summed E-state index contributed by atoms with van der Waals surface area (Å²) in [4.78, 5) is 28.9. The van der Waals surface area contributed by atoms with Gasteiger partial charge < -0.3 is 10.1 Å². The van der Waals surface area contributed by atoms with E-state index in [4.69, 9.17) is 0 Å². The quantitative estimate of drug-likeness (QED) is 0.876. The third-order valence-corrected chi connectivity index (χ3v) is 4.89. The first-order valence-corrected chi connectivity index (χ1v) is 7.37. The standard InChI is InChI=1S/C15H17N3O3/c19-14(20)9-3-1-4-12-13(9)16-15(21)18(12)11-6-8-17-7-2-5-10(11)17/h1,3-4,10-11H,2,5-8H2,(H,16,21)(H,19,20). The van der Waals surface area contributed by atoms with Gasteiger partial charge in [0.1, 0.15) is 0 Å². The molecule has 2 N–H and O–H groups in total. The van der Waals surface area contributed by atoms with Crippen molar-refractivity contribution in [2.24, 2.45) is 0 Å². The average Bonchev–Trinajstić information content (AvgIpc) is 3.11. The van der Waals surface area contributed by atoms with Crippen molar-refractivity contribution >= 4 is 17.0 Å². The van der Waals surface area contributed by atoms with Crippen molar-refractivity contribution in [3.63, 3.8) is 0 Å². The minimum atomic E-state index is -1.01. The lowest BCUT2D eigenvalue weighted by Gasteiger charge is -2.21. The molecule has 1 aromatic heterocycles. The van der Waals surface area contributed by atoms with Gasteiger partial charge in [-0.05, 0) is 37.9 Å². The molecule has 110 valence electrons. The van der Waals surface area contributed by atoms with E-state index in [0.29, 0.717) is 17.1 Å². The molecular weight excluding hydrogens is 270 g/mol. The number of fused-ring (bicyclic) bond motifs is 2. The summed E-state index contributed by atoms with van der Waals surface area (Å²) in [5.41, 5.74) is 1.10. The molecule has 2 aliphatic heterocycles. The van der Waals surface area contributed by atoms with Gasteiger partial charge in [-0.2, -0.15) is 0 Å². The number of carboxylic acid groups (broad SMARTS) is 1. The maximum absolute atomic E-state index is 12.4. The Morgan fingerprint density at radius 1 is 1.24 bits per heavy atom. The Morgan fingerprint density at radius 2 is 2.10 bits per heavy atom. The zero-order valence-electron chi connectivity index (χ0n) is 11.6. The number of para-hydroxylation sites is 1. The Hall–Kier alpha value is -2.08. The number of benzene rings is 1. The number of nitrogens with one attached hydrogen (secondary N) is 1. The number of hydrogen-bond donors (Lipinski definition) is 2. The highest BCUT2D eigenvalue weighted by molar-refractivity contribution is 6.00. The summed E-state index contributed by atoms with van der Waals surface area (Å²) in [5, 5.41) is 9.26. The molecule has 2 aromatic rings. The minimum absolute atomic E-state index is 0.151. The molecule has 6 nitrogen and oxygen atoms in total. The maximum atomic E-state index is 12.4. The van der Waals surface area contributed by atoms with E-state index >= 15 is 0 Å². The molecule has 2 saturated heterocycles. The Balaban J connectivity index is 1.90. The Labute approximate surface area is 121 Å². The zero-order valence-corrected chi connectivity index (χ0v) is 11.6. The van der Waals surface area contributed by atoms with E-state index in [1.807, 2.05) is 6.07 Å². The molecule has 0 saturated carbocycles. The van der Waals surface area contributed by atoms with E-state index in [0.717, 1.165) is 25.9 Å². The number of H-pyrrole nitrogens is 1. The van der Waals surface area contributed by atoms with Crippen LogP contribution in [-0.2, 0) is 0 Å². The van der Waals surface area contributed by atoms with Gasteiger partial charge in [0, 0.05) is 12.6 Å². The van der Waals surface area contributed by atoms with Crippen LogP contribution in [0.5, 0.6) is 0 Å². The van der Waals surface area contributed by atoms with Gasteiger partial charge in [-0.3, -0.25) is 9.47 Å². The maximum Gasteiger partial charge on any atom is 0.337 e. The van der Waals surface area contributed by atoms with Gasteiger partial charge in [-0.1, -0.05) is 6.07 Å². The van der Waals surface area contributed by atoms with Crippen LogP contribution in [0.3, 0.4) is 0 Å². The fourth-order valence-electron chi connectivity index (χ4n) is 4.01. The average molecular weight is 287 g/mol. The van der Waals surface area contributed by atoms with Gasteiger partial charge in [-0.15, -0.1) is 0 Å². The van der Waals surface area contributed by atoms with Crippen LogP contribution in [0.2, 0.25) is 0 Å². The van der Waals surface area contributed by atoms with Crippen LogP contribution in [0.1, 0.15) is 35.7 Å². The second-order valence-electron chi connectivity index (χ2n) is 5.91. The van der Waals surface area contributed by atoms with E-state index < -0.39 is 5.97 Å². The molecule has 4 rings (SSSR count). The molecule has 0 radical (unpaired) electrons. The molecule has 0 bridgehead atoms. The molecule has 21 heavy (non-hydrogen) atoms. The summed E-state index contributed by atoms with van der Waals surface area (Å²) in [6.45, 7) is 2.13. The first-order chi connectivity index (χ1) is 10.2. The van der Waals surface area contributed by atoms with E-state index in [-0.39, 0.29) is 17.3 Å². The molecular formula is C15H17N3O3. The van der Waals surface area contributed by atoms with Crippen LogP contribution in [0, 0.1) is 0 Å². The van der Waals surface area contributed by atoms with Crippen molar-refractivity contribution in [3.8, 4) is 0 Å². The third kappa shape index (κ3) is 1.75. The zero-order chi connectivity index (χ0) is 14.6. The SMILES string of the molecule is O=C(O)c1cccc2c1[nH]c(=O)n2C1CCN2CCCC12. The first kappa shape index (κ1) is 12.6. The van der Waals surface area contributed by atoms with Crippen LogP contribution < -0.4 is 5.69 Å². The van der Waals surface area contributed by atoms with Crippen LogP contribution in [-0.4, -0.2) is 44.7 Å². The highest BCUT2D eigenvalue weighted by Crippen LogP contribution is 2.36. The van der Waals surface area contributed by atoms with Gasteiger partial charge in [0.05, 0.1) is 22.6 Å². The first-order valence-electron chi connectivity index (χ1n) is 7.37. The van der Waals surface area contributed by atoms with Gasteiger partial charge in [0.2, 0.25) is 0 Å². The second-order valence-corrected chi connectivity index (χ2v) is 5.91. The molecule has 0 aliphatic carbocycles. The minimum Gasteiger partial charge on any atom is -0.478 e. The fourth-order valence-corrected chi connectivity index (χ4v) is 4.01. The molecule has 2 fully saturated rings. The van der Waals surface area contributed by atoms with Gasteiger partial charge in [0.15, 0.2) is 0 Å². The lowest BCUT2D eigenvalue weighted by molar-refractivity contribution is 0.0699. The summed E-state index contributed by atoms with van der Waals surface area (Å²) in [6.07, 6.45) is 3.25. The van der Waals surface area contributed by atoms with Crippen molar-refractivity contribution in [1.29, 1.82) is 0 Å². The van der Waals surface area contributed by atoms with Crippen LogP contribution in [0.15, 0.2) is 23.0 Å². The van der Waals surface area contributed by atoms with E-state index in [9.17, 15) is 14.7 Å². The van der Waals surface area contributed by atoms with Crippen LogP contribution >= 0.6 is 0 Å². The summed E-state index contributed by atoms with van der Waals surface area (Å²) < 4.78 is 1.78. The number of carbonyl (C=O) groups is 1. The van der Waals surface area contributed by atoms with Gasteiger partial charge in [-0.25, -0.2) is 9.59 Å². The number of rotatable bonds is 2. The predicted molar refractivity (Wildman–Crippen MR) is 77.8 cm³/mol. The summed E-state index contributed by atoms with van der Waals surface area (Å²) >= 11 is 0. The van der Waals surface area contributed by atoms with Crippen molar-refractivity contribution in [3.05, 3.63) is 34.2 Å². The molecule has 3 heterocycles. The lowest BCUT2D eigenvalue weighted by atomic mass is 10.1. The number of aromatic amines is 1. The number of aromatic carboxylic acids is 1. The lowest BCUT2D eigenvalue weighted by Crippen LogP contribution is -2.31. The molecule has 0 amide bonds. The topological polar surface area (TPSA) is 78.3 Å². The van der Waals surface area contributed by atoms with Crippen molar-refractivity contribution in [1.82, 2.24) is 14.5 Å². The highest BCUT2D eigenvalue weighted by Gasteiger charge is 2.39. The smallest absolute Gasteiger partial charge is 0.337 e. The molecule has 2 aliphatic rings. The third-order valence-electron chi connectivity index (χ3n) is 4.89. The highest BCUT2D eigenvalue weighted by atomic mass is 16.4. The molecule has 1 aromatic carbocycles. The van der Waals surface area contributed by atoms with Crippen molar-refractivity contribution in [2.45, 2.75) is 31.3 Å².